The number of hydrogen-bond donors (Lipinski definition) is 3. The average Bonchev–Trinajstić information content (AvgIpc) is 3.83. The van der Waals surface area contributed by atoms with Crippen molar-refractivity contribution in [2.24, 2.45) is 0 Å². The zero-order valence-corrected chi connectivity index (χ0v) is 24.0. The molecule has 1 saturated carbocycles. The average molecular weight is 643 g/mol. The molecule has 0 spiro atoms. The topological polar surface area (TPSA) is 79.8 Å². The molecule has 0 unspecified atom stereocenters. The number of alkyl halides is 3. The van der Waals surface area contributed by atoms with E-state index >= 15 is 0 Å². The lowest BCUT2D eigenvalue weighted by Crippen LogP contribution is -2.28. The van der Waals surface area contributed by atoms with Crippen molar-refractivity contribution in [3.8, 4) is 11.5 Å². The standard InChI is InChI=1S/C20H18F3NO4.C11H11ClF3N/c21-16-5-6-17(22)19(18(16)23)28-10-9-27-13-3-1-12(2-4-13)14-7-8-24-11-15(14)20(25)26;12-10-7(6-16-8-4-5-8)2-1-3-9(10)11(13,14)15/h1-6,24H,7-11H2,(H,25,26);1-3,8,16H,4-6H2. The Hall–Kier alpha value is -3.74. The third-order valence-corrected chi connectivity index (χ3v) is 7.27. The van der Waals surface area contributed by atoms with Crippen molar-refractivity contribution in [2.75, 3.05) is 26.3 Å². The van der Waals surface area contributed by atoms with Crippen molar-refractivity contribution in [3.63, 3.8) is 0 Å². The molecule has 0 saturated heterocycles. The molecule has 3 N–H and O–H groups in total. The van der Waals surface area contributed by atoms with Gasteiger partial charge in [-0.2, -0.15) is 17.6 Å². The number of carbonyl (C=O) groups is 1. The summed E-state index contributed by atoms with van der Waals surface area (Å²) in [5.74, 6) is -4.81. The fourth-order valence-corrected chi connectivity index (χ4v) is 4.68. The molecule has 0 atom stereocenters. The zero-order valence-electron chi connectivity index (χ0n) is 23.2. The van der Waals surface area contributed by atoms with Crippen molar-refractivity contribution >= 4 is 23.1 Å². The second kappa shape index (κ2) is 14.8. The predicted molar refractivity (Wildman–Crippen MR) is 152 cm³/mol. The van der Waals surface area contributed by atoms with Crippen molar-refractivity contribution in [2.45, 2.75) is 38.0 Å². The van der Waals surface area contributed by atoms with Gasteiger partial charge >= 0.3 is 12.1 Å². The van der Waals surface area contributed by atoms with E-state index in [9.17, 15) is 36.2 Å². The summed E-state index contributed by atoms with van der Waals surface area (Å²) in [5.41, 5.74) is 1.66. The SMILES string of the molecule is FC(F)(F)c1cccc(CNC2CC2)c1Cl.O=C(O)C1=C(c2ccc(OCCOc3c(F)ccc(F)c3F)cc2)CCNC1. The molecule has 5 rings (SSSR count). The Labute approximate surface area is 254 Å². The lowest BCUT2D eigenvalue weighted by Gasteiger charge is -2.19. The Morgan fingerprint density at radius 3 is 2.32 bits per heavy atom. The van der Waals surface area contributed by atoms with E-state index in [1.807, 2.05) is 0 Å². The lowest BCUT2D eigenvalue weighted by atomic mass is 9.94. The molecule has 1 aliphatic heterocycles. The summed E-state index contributed by atoms with van der Waals surface area (Å²) >= 11 is 5.74. The van der Waals surface area contributed by atoms with Gasteiger partial charge in [0.25, 0.3) is 0 Å². The number of ether oxygens (including phenoxy) is 2. The lowest BCUT2D eigenvalue weighted by molar-refractivity contribution is -0.137. The Morgan fingerprint density at radius 1 is 0.977 bits per heavy atom. The molecule has 2 aliphatic rings. The highest BCUT2D eigenvalue weighted by Crippen LogP contribution is 2.36. The highest BCUT2D eigenvalue weighted by atomic mass is 35.5. The van der Waals surface area contributed by atoms with E-state index in [-0.39, 0.29) is 18.2 Å². The van der Waals surface area contributed by atoms with Crippen molar-refractivity contribution in [1.82, 2.24) is 10.6 Å². The summed E-state index contributed by atoms with van der Waals surface area (Å²) in [6, 6.07) is 12.8. The maximum Gasteiger partial charge on any atom is 0.417 e. The van der Waals surface area contributed by atoms with E-state index in [0.29, 0.717) is 55.0 Å². The Bertz CT molecular complexity index is 1490. The number of benzene rings is 3. The van der Waals surface area contributed by atoms with Crippen LogP contribution in [0, 0.1) is 17.5 Å². The smallest absolute Gasteiger partial charge is 0.417 e. The van der Waals surface area contributed by atoms with Gasteiger partial charge in [-0.05, 0) is 72.8 Å². The van der Waals surface area contributed by atoms with E-state index in [2.05, 4.69) is 10.6 Å². The van der Waals surface area contributed by atoms with Crippen LogP contribution < -0.4 is 20.1 Å². The highest BCUT2D eigenvalue weighted by molar-refractivity contribution is 6.32. The van der Waals surface area contributed by atoms with Crippen LogP contribution in [-0.2, 0) is 17.5 Å². The molecular formula is C31H29ClF6N2O4. The van der Waals surface area contributed by atoms with Crippen molar-refractivity contribution in [3.05, 3.63) is 99.3 Å². The largest absolute Gasteiger partial charge is 0.490 e. The molecule has 0 radical (unpaired) electrons. The van der Waals surface area contributed by atoms with E-state index in [1.165, 1.54) is 6.07 Å². The first-order chi connectivity index (χ1) is 21.0. The molecule has 13 heteroatoms. The molecule has 1 heterocycles. The number of halogens is 7. The second-order valence-corrected chi connectivity index (χ2v) is 10.4. The molecule has 1 aliphatic carbocycles. The van der Waals surface area contributed by atoms with E-state index in [4.69, 9.17) is 21.1 Å². The highest BCUT2D eigenvalue weighted by Gasteiger charge is 2.34. The minimum Gasteiger partial charge on any atom is -0.490 e. The summed E-state index contributed by atoms with van der Waals surface area (Å²) in [4.78, 5) is 11.4. The Kier molecular flexibility index (Phi) is 11.2. The number of carboxylic acids is 1. The summed E-state index contributed by atoms with van der Waals surface area (Å²) in [6.07, 6.45) is -1.58. The fourth-order valence-electron chi connectivity index (χ4n) is 4.38. The second-order valence-electron chi connectivity index (χ2n) is 10.0. The monoisotopic (exact) mass is 642 g/mol. The van der Waals surface area contributed by atoms with Gasteiger partial charge in [-0.25, -0.2) is 13.6 Å². The molecule has 0 amide bonds. The molecule has 44 heavy (non-hydrogen) atoms. The summed E-state index contributed by atoms with van der Waals surface area (Å²) in [5, 5.41) is 15.3. The molecule has 0 aromatic heterocycles. The van der Waals surface area contributed by atoms with Gasteiger partial charge < -0.3 is 25.2 Å². The third-order valence-electron chi connectivity index (χ3n) is 6.82. The molecule has 6 nitrogen and oxygen atoms in total. The predicted octanol–water partition coefficient (Wildman–Crippen LogP) is 7.00. The normalized spacial score (nSPS) is 15.0. The van der Waals surface area contributed by atoms with Crippen LogP contribution in [0.4, 0.5) is 26.3 Å². The molecule has 236 valence electrons. The van der Waals surface area contributed by atoms with Gasteiger partial charge in [-0.1, -0.05) is 35.9 Å². The van der Waals surface area contributed by atoms with Gasteiger partial charge in [0.15, 0.2) is 17.4 Å². The van der Waals surface area contributed by atoms with Gasteiger partial charge in [0, 0.05) is 19.1 Å². The first-order valence-electron chi connectivity index (χ1n) is 13.7. The van der Waals surface area contributed by atoms with E-state index < -0.39 is 40.9 Å². The minimum absolute atomic E-state index is 0.0122. The van der Waals surface area contributed by atoms with Crippen LogP contribution in [0.5, 0.6) is 11.5 Å². The van der Waals surface area contributed by atoms with Crippen LogP contribution in [0.3, 0.4) is 0 Å². The van der Waals surface area contributed by atoms with Gasteiger partial charge in [-0.15, -0.1) is 0 Å². The quantitative estimate of drug-likeness (QED) is 0.126. The minimum atomic E-state index is -4.38. The van der Waals surface area contributed by atoms with Crippen LogP contribution in [0.25, 0.3) is 5.57 Å². The van der Waals surface area contributed by atoms with E-state index in [1.54, 1.807) is 30.3 Å². The Morgan fingerprint density at radius 2 is 1.66 bits per heavy atom. The van der Waals surface area contributed by atoms with Gasteiger partial charge in [0.05, 0.1) is 16.2 Å². The van der Waals surface area contributed by atoms with Crippen LogP contribution in [0.15, 0.2) is 60.2 Å². The molecule has 3 aromatic rings. The fraction of sp³-hybridized carbons (Fsp3) is 0.323. The van der Waals surface area contributed by atoms with Crippen molar-refractivity contribution < 1.29 is 45.7 Å². The van der Waals surface area contributed by atoms with Gasteiger partial charge in [0.1, 0.15) is 19.0 Å². The molecule has 1 fully saturated rings. The maximum atomic E-state index is 13.5. The van der Waals surface area contributed by atoms with Crippen LogP contribution >= 0.6 is 11.6 Å². The van der Waals surface area contributed by atoms with Gasteiger partial charge in [-0.3, -0.25) is 0 Å². The van der Waals surface area contributed by atoms with Crippen molar-refractivity contribution in [1.29, 1.82) is 0 Å². The molecular weight excluding hydrogens is 614 g/mol. The molecule has 3 aromatic carbocycles. The maximum absolute atomic E-state index is 13.5. The number of nitrogens with one attached hydrogen (secondary N) is 2. The third kappa shape index (κ3) is 8.90. The number of hydrogen-bond acceptors (Lipinski definition) is 5. The van der Waals surface area contributed by atoms with Gasteiger partial charge in [0.2, 0.25) is 5.82 Å². The summed E-state index contributed by atoms with van der Waals surface area (Å²) in [6.45, 7) is 1.22. The number of aliphatic carboxylic acids is 1. The van der Waals surface area contributed by atoms with E-state index in [0.717, 1.165) is 36.1 Å². The summed E-state index contributed by atoms with van der Waals surface area (Å²) in [7, 11) is 0. The first kappa shape index (κ1) is 33.2. The van der Waals surface area contributed by atoms with Crippen LogP contribution in [0.2, 0.25) is 5.02 Å². The number of carboxylic acid groups (broad SMARTS) is 1. The Balaban J connectivity index is 0.000000233. The zero-order chi connectivity index (χ0) is 31.9. The summed E-state index contributed by atoms with van der Waals surface area (Å²) < 4.78 is 88.0. The van der Waals surface area contributed by atoms with Crippen LogP contribution in [0.1, 0.15) is 36.0 Å². The number of rotatable bonds is 10. The molecule has 0 bridgehead atoms. The first-order valence-corrected chi connectivity index (χ1v) is 14.1. The van der Waals surface area contributed by atoms with Crippen LogP contribution in [-0.4, -0.2) is 43.4 Å².